The second-order valence-corrected chi connectivity index (χ2v) is 5.04. The quantitative estimate of drug-likeness (QED) is 0.724. The zero-order valence-electron chi connectivity index (χ0n) is 9.04. The predicted molar refractivity (Wildman–Crippen MR) is 58.2 cm³/mol. The van der Waals surface area contributed by atoms with E-state index in [-0.39, 0.29) is 6.10 Å². The zero-order chi connectivity index (χ0) is 9.80. The van der Waals surface area contributed by atoms with Crippen molar-refractivity contribution in [2.24, 2.45) is 11.8 Å². The molecule has 1 saturated heterocycles. The summed E-state index contributed by atoms with van der Waals surface area (Å²) >= 11 is 0. The van der Waals surface area contributed by atoms with E-state index in [1.165, 1.54) is 38.5 Å². The van der Waals surface area contributed by atoms with Gasteiger partial charge in [-0.1, -0.05) is 25.7 Å². The number of rotatable bonds is 3. The molecule has 14 heavy (non-hydrogen) atoms. The first-order valence-corrected chi connectivity index (χ1v) is 6.25. The summed E-state index contributed by atoms with van der Waals surface area (Å²) in [5, 5.41) is 13.5. The molecule has 1 heterocycles. The van der Waals surface area contributed by atoms with Crippen LogP contribution in [0.2, 0.25) is 0 Å². The fraction of sp³-hybridized carbons (Fsp3) is 1.00. The molecule has 2 N–H and O–H groups in total. The molecule has 0 amide bonds. The second kappa shape index (κ2) is 5.13. The van der Waals surface area contributed by atoms with Crippen molar-refractivity contribution < 1.29 is 5.11 Å². The largest absolute Gasteiger partial charge is 0.393 e. The molecule has 1 aliphatic heterocycles. The van der Waals surface area contributed by atoms with Crippen LogP contribution in [0.15, 0.2) is 0 Å². The molecular formula is C12H23NO. The monoisotopic (exact) mass is 197 g/mol. The van der Waals surface area contributed by atoms with Crippen LogP contribution < -0.4 is 5.32 Å². The van der Waals surface area contributed by atoms with Crippen LogP contribution in [0, 0.1) is 11.8 Å². The highest BCUT2D eigenvalue weighted by molar-refractivity contribution is 4.79. The van der Waals surface area contributed by atoms with Gasteiger partial charge in [0, 0.05) is 0 Å². The van der Waals surface area contributed by atoms with Crippen molar-refractivity contribution >= 4 is 0 Å². The number of nitrogens with one attached hydrogen (secondary N) is 1. The lowest BCUT2D eigenvalue weighted by molar-refractivity contribution is 0.0664. The number of piperidine rings is 1. The molecule has 0 bridgehead atoms. The maximum Gasteiger partial charge on any atom is 0.0572 e. The molecular weight excluding hydrogens is 174 g/mol. The van der Waals surface area contributed by atoms with Crippen molar-refractivity contribution in [1.29, 1.82) is 0 Å². The first-order valence-electron chi connectivity index (χ1n) is 6.25. The van der Waals surface area contributed by atoms with Crippen molar-refractivity contribution in [2.45, 2.75) is 51.0 Å². The molecule has 0 aromatic carbocycles. The lowest BCUT2D eigenvalue weighted by Crippen LogP contribution is -2.34. The van der Waals surface area contributed by atoms with Gasteiger partial charge in [-0.3, -0.25) is 0 Å². The summed E-state index contributed by atoms with van der Waals surface area (Å²) in [6.07, 6.45) is 8.92. The average Bonchev–Trinajstić information content (AvgIpc) is 2.72. The van der Waals surface area contributed by atoms with Crippen molar-refractivity contribution in [1.82, 2.24) is 5.32 Å². The van der Waals surface area contributed by atoms with Crippen LogP contribution in [0.25, 0.3) is 0 Å². The summed E-state index contributed by atoms with van der Waals surface area (Å²) in [5.41, 5.74) is 0. The fourth-order valence-electron chi connectivity index (χ4n) is 3.01. The normalized spacial score (nSPS) is 28.1. The van der Waals surface area contributed by atoms with Crippen LogP contribution in [-0.2, 0) is 0 Å². The number of hydrogen-bond donors (Lipinski definition) is 2. The Kier molecular flexibility index (Phi) is 3.82. The number of aliphatic hydroxyl groups excluding tert-OH is 1. The maximum absolute atomic E-state index is 10.1. The molecule has 1 unspecified atom stereocenters. The highest BCUT2D eigenvalue weighted by Crippen LogP contribution is 2.31. The summed E-state index contributed by atoms with van der Waals surface area (Å²) < 4.78 is 0. The van der Waals surface area contributed by atoms with Gasteiger partial charge in [0.15, 0.2) is 0 Å². The van der Waals surface area contributed by atoms with Gasteiger partial charge in [0.2, 0.25) is 0 Å². The molecule has 2 heteroatoms. The van der Waals surface area contributed by atoms with Crippen LogP contribution in [0.3, 0.4) is 0 Å². The molecule has 2 nitrogen and oxygen atoms in total. The Labute approximate surface area is 87.1 Å². The Bertz CT molecular complexity index is 160. The molecule has 0 radical (unpaired) electrons. The van der Waals surface area contributed by atoms with Gasteiger partial charge in [-0.15, -0.1) is 0 Å². The predicted octanol–water partition coefficient (Wildman–Crippen LogP) is 1.93. The molecule has 2 rings (SSSR count). The lowest BCUT2D eigenvalue weighted by atomic mass is 9.86. The van der Waals surface area contributed by atoms with Crippen molar-refractivity contribution in [3.05, 3.63) is 0 Å². The molecule has 0 spiro atoms. The van der Waals surface area contributed by atoms with Gasteiger partial charge < -0.3 is 10.4 Å². The van der Waals surface area contributed by atoms with Crippen LogP contribution in [0.4, 0.5) is 0 Å². The van der Waals surface area contributed by atoms with E-state index in [1.807, 2.05) is 0 Å². The van der Waals surface area contributed by atoms with E-state index >= 15 is 0 Å². The number of aliphatic hydroxyl groups is 1. The SMILES string of the molecule is OC(CC1CCCC1)C1CCNCC1. The van der Waals surface area contributed by atoms with E-state index in [4.69, 9.17) is 0 Å². The summed E-state index contributed by atoms with van der Waals surface area (Å²) in [5.74, 6) is 1.41. The van der Waals surface area contributed by atoms with Crippen LogP contribution in [-0.4, -0.2) is 24.3 Å². The Hall–Kier alpha value is -0.0800. The smallest absolute Gasteiger partial charge is 0.0572 e. The molecule has 0 aromatic heterocycles. The maximum atomic E-state index is 10.1. The van der Waals surface area contributed by atoms with E-state index in [0.717, 1.165) is 25.4 Å². The average molecular weight is 197 g/mol. The summed E-state index contributed by atoms with van der Waals surface area (Å²) in [6.45, 7) is 2.21. The van der Waals surface area contributed by atoms with Gasteiger partial charge in [-0.25, -0.2) is 0 Å². The van der Waals surface area contributed by atoms with Crippen LogP contribution >= 0.6 is 0 Å². The first-order chi connectivity index (χ1) is 6.86. The molecule has 1 saturated carbocycles. The topological polar surface area (TPSA) is 32.3 Å². The first kappa shape index (κ1) is 10.4. The van der Waals surface area contributed by atoms with Crippen molar-refractivity contribution in [3.63, 3.8) is 0 Å². The number of hydrogen-bond acceptors (Lipinski definition) is 2. The van der Waals surface area contributed by atoms with E-state index < -0.39 is 0 Å². The zero-order valence-corrected chi connectivity index (χ0v) is 9.04. The van der Waals surface area contributed by atoms with E-state index in [2.05, 4.69) is 5.32 Å². The van der Waals surface area contributed by atoms with Gasteiger partial charge in [0.25, 0.3) is 0 Å². The van der Waals surface area contributed by atoms with E-state index in [1.54, 1.807) is 0 Å². The fourth-order valence-corrected chi connectivity index (χ4v) is 3.01. The Morgan fingerprint density at radius 3 is 2.36 bits per heavy atom. The van der Waals surface area contributed by atoms with Gasteiger partial charge in [0.1, 0.15) is 0 Å². The van der Waals surface area contributed by atoms with Crippen molar-refractivity contribution in [3.8, 4) is 0 Å². The molecule has 0 aromatic rings. The van der Waals surface area contributed by atoms with E-state index in [9.17, 15) is 5.11 Å². The Morgan fingerprint density at radius 1 is 1.07 bits per heavy atom. The third-order valence-corrected chi connectivity index (χ3v) is 3.98. The highest BCUT2D eigenvalue weighted by Gasteiger charge is 2.25. The minimum atomic E-state index is -0.0137. The second-order valence-electron chi connectivity index (χ2n) is 5.04. The molecule has 1 atom stereocenters. The minimum Gasteiger partial charge on any atom is -0.393 e. The highest BCUT2D eigenvalue weighted by atomic mass is 16.3. The Morgan fingerprint density at radius 2 is 1.71 bits per heavy atom. The van der Waals surface area contributed by atoms with Gasteiger partial charge in [-0.05, 0) is 44.2 Å². The third kappa shape index (κ3) is 2.71. The van der Waals surface area contributed by atoms with Gasteiger partial charge >= 0.3 is 0 Å². The molecule has 2 fully saturated rings. The Balaban J connectivity index is 1.72. The lowest BCUT2D eigenvalue weighted by Gasteiger charge is -2.28. The molecule has 2 aliphatic rings. The van der Waals surface area contributed by atoms with Crippen LogP contribution in [0.1, 0.15) is 44.9 Å². The summed E-state index contributed by atoms with van der Waals surface area (Å²) in [7, 11) is 0. The minimum absolute atomic E-state index is 0.0137. The summed E-state index contributed by atoms with van der Waals surface area (Å²) in [4.78, 5) is 0. The molecule has 1 aliphatic carbocycles. The van der Waals surface area contributed by atoms with Crippen molar-refractivity contribution in [2.75, 3.05) is 13.1 Å². The standard InChI is InChI=1S/C12H23NO/c14-12(9-10-3-1-2-4-10)11-5-7-13-8-6-11/h10-14H,1-9H2. The summed E-state index contributed by atoms with van der Waals surface area (Å²) in [6, 6.07) is 0. The van der Waals surface area contributed by atoms with Gasteiger partial charge in [-0.2, -0.15) is 0 Å². The molecule has 82 valence electrons. The third-order valence-electron chi connectivity index (χ3n) is 3.98. The van der Waals surface area contributed by atoms with Crippen LogP contribution in [0.5, 0.6) is 0 Å². The van der Waals surface area contributed by atoms with E-state index in [0.29, 0.717) is 5.92 Å². The van der Waals surface area contributed by atoms with Gasteiger partial charge in [0.05, 0.1) is 6.10 Å².